The zero-order valence-electron chi connectivity index (χ0n) is 11.5. The lowest BCUT2D eigenvalue weighted by Gasteiger charge is -2.22. The largest absolute Gasteiger partial charge is 0.271 e. The van der Waals surface area contributed by atoms with E-state index in [1.54, 1.807) is 30.5 Å². The fourth-order valence-corrected chi connectivity index (χ4v) is 3.45. The first-order chi connectivity index (χ1) is 10.3. The molecule has 0 radical (unpaired) electrons. The minimum atomic E-state index is -0.151. The second-order valence-corrected chi connectivity index (χ2v) is 5.63. The predicted octanol–water partition coefficient (Wildman–Crippen LogP) is 2.27. The molecule has 5 heteroatoms. The van der Waals surface area contributed by atoms with Crippen molar-refractivity contribution in [2.75, 3.05) is 0 Å². The van der Waals surface area contributed by atoms with Crippen LogP contribution >= 0.6 is 0 Å². The molecule has 0 N–H and O–H groups in total. The van der Waals surface area contributed by atoms with Gasteiger partial charge in [-0.2, -0.15) is 5.10 Å². The summed E-state index contributed by atoms with van der Waals surface area (Å²) in [5.41, 5.74) is 1.06. The molecular formula is C16H15N3O2. The third kappa shape index (κ3) is 1.81. The number of hydrogen-bond donors (Lipinski definition) is 0. The summed E-state index contributed by atoms with van der Waals surface area (Å²) >= 11 is 0. The Morgan fingerprint density at radius 1 is 0.952 bits per heavy atom. The molecule has 1 aliphatic carbocycles. The van der Waals surface area contributed by atoms with Crippen LogP contribution in [0.15, 0.2) is 42.7 Å². The van der Waals surface area contributed by atoms with Gasteiger partial charge in [0.25, 0.3) is 11.8 Å². The summed E-state index contributed by atoms with van der Waals surface area (Å²) in [4.78, 5) is 26.4. The molecule has 106 valence electrons. The molecule has 1 aromatic carbocycles. The Hall–Kier alpha value is -2.43. The summed E-state index contributed by atoms with van der Waals surface area (Å²) in [5.74, 6) is -0.302. The molecule has 1 aromatic heterocycles. The summed E-state index contributed by atoms with van der Waals surface area (Å²) in [5, 5.41) is 4.27. The summed E-state index contributed by atoms with van der Waals surface area (Å²) in [7, 11) is 0. The first-order valence-corrected chi connectivity index (χ1v) is 7.22. The van der Waals surface area contributed by atoms with Crippen molar-refractivity contribution in [2.24, 2.45) is 0 Å². The van der Waals surface area contributed by atoms with Gasteiger partial charge in [-0.3, -0.25) is 19.2 Å². The van der Waals surface area contributed by atoms with E-state index in [0.717, 1.165) is 19.3 Å². The lowest BCUT2D eigenvalue weighted by atomic mass is 10.1. The van der Waals surface area contributed by atoms with Crippen LogP contribution in [0.3, 0.4) is 0 Å². The van der Waals surface area contributed by atoms with Crippen LogP contribution in [0.1, 0.15) is 46.0 Å². The first-order valence-electron chi connectivity index (χ1n) is 7.22. The topological polar surface area (TPSA) is 55.2 Å². The lowest BCUT2D eigenvalue weighted by Crippen LogP contribution is -2.38. The highest BCUT2D eigenvalue weighted by Gasteiger charge is 2.42. The minimum Gasteiger partial charge on any atom is -0.271 e. The average Bonchev–Trinajstić information content (AvgIpc) is 3.21. The second-order valence-electron chi connectivity index (χ2n) is 5.63. The van der Waals surface area contributed by atoms with Crippen LogP contribution in [0.4, 0.5) is 0 Å². The molecule has 1 saturated carbocycles. The quantitative estimate of drug-likeness (QED) is 0.793. The van der Waals surface area contributed by atoms with Crippen molar-refractivity contribution >= 4 is 11.8 Å². The molecule has 2 aliphatic rings. The maximum Gasteiger partial charge on any atom is 0.261 e. The summed E-state index contributed by atoms with van der Waals surface area (Å²) in [6.45, 7) is 0. The molecular weight excluding hydrogens is 266 g/mol. The molecule has 21 heavy (non-hydrogen) atoms. The van der Waals surface area contributed by atoms with E-state index in [9.17, 15) is 9.59 Å². The van der Waals surface area contributed by atoms with E-state index < -0.39 is 0 Å². The van der Waals surface area contributed by atoms with Crippen LogP contribution in [0, 0.1) is 0 Å². The summed E-state index contributed by atoms with van der Waals surface area (Å²) in [6.07, 6.45) is 6.27. The molecule has 4 rings (SSSR count). The second kappa shape index (κ2) is 4.55. The Bertz CT molecular complexity index is 673. The van der Waals surface area contributed by atoms with Crippen molar-refractivity contribution in [2.45, 2.75) is 31.3 Å². The number of benzene rings is 1. The smallest absolute Gasteiger partial charge is 0.261 e. The maximum absolute atomic E-state index is 12.5. The molecule has 0 saturated heterocycles. The molecule has 1 aliphatic heterocycles. The number of fused-ring (bicyclic) bond motifs is 1. The molecule has 2 atom stereocenters. The highest BCUT2D eigenvalue weighted by molar-refractivity contribution is 6.21. The fourth-order valence-electron chi connectivity index (χ4n) is 3.45. The van der Waals surface area contributed by atoms with Crippen LogP contribution in [0.2, 0.25) is 0 Å². The van der Waals surface area contributed by atoms with Crippen molar-refractivity contribution in [1.82, 2.24) is 14.7 Å². The van der Waals surface area contributed by atoms with Crippen molar-refractivity contribution < 1.29 is 9.59 Å². The van der Waals surface area contributed by atoms with Crippen LogP contribution in [0.25, 0.3) is 0 Å². The third-order valence-corrected chi connectivity index (χ3v) is 4.47. The third-order valence-electron chi connectivity index (χ3n) is 4.47. The van der Waals surface area contributed by atoms with Gasteiger partial charge < -0.3 is 0 Å². The molecule has 0 spiro atoms. The molecule has 2 aromatic rings. The summed E-state index contributed by atoms with van der Waals surface area (Å²) < 4.78 is 1.93. The van der Waals surface area contributed by atoms with Crippen LogP contribution in [-0.2, 0) is 0 Å². The SMILES string of the molecule is O=C1c2ccccc2C(=O)N1[C@@H]1CC[C@@H](n2cccn2)C1. The van der Waals surface area contributed by atoms with Gasteiger partial charge >= 0.3 is 0 Å². The number of rotatable bonds is 2. The first kappa shape index (κ1) is 12.3. The summed E-state index contributed by atoms with van der Waals surface area (Å²) in [6, 6.07) is 9.21. The van der Waals surface area contributed by atoms with Gasteiger partial charge in [0.05, 0.1) is 17.2 Å². The van der Waals surface area contributed by atoms with E-state index in [2.05, 4.69) is 5.10 Å². The van der Waals surface area contributed by atoms with Crippen molar-refractivity contribution in [3.05, 3.63) is 53.9 Å². The number of carbonyl (C=O) groups excluding carboxylic acids is 2. The zero-order valence-corrected chi connectivity index (χ0v) is 11.5. The number of nitrogens with zero attached hydrogens (tertiary/aromatic N) is 3. The van der Waals surface area contributed by atoms with Gasteiger partial charge in [0.2, 0.25) is 0 Å². The normalized spacial score (nSPS) is 24.7. The van der Waals surface area contributed by atoms with Crippen molar-refractivity contribution in [3.63, 3.8) is 0 Å². The number of aromatic nitrogens is 2. The Morgan fingerprint density at radius 2 is 1.62 bits per heavy atom. The van der Waals surface area contributed by atoms with E-state index >= 15 is 0 Å². The van der Waals surface area contributed by atoms with Gasteiger partial charge in [-0.15, -0.1) is 0 Å². The van der Waals surface area contributed by atoms with Gasteiger partial charge in [-0.25, -0.2) is 0 Å². The molecule has 2 heterocycles. The predicted molar refractivity (Wildman–Crippen MR) is 75.8 cm³/mol. The molecule has 5 nitrogen and oxygen atoms in total. The lowest BCUT2D eigenvalue weighted by molar-refractivity contribution is 0.0584. The van der Waals surface area contributed by atoms with Crippen molar-refractivity contribution in [1.29, 1.82) is 0 Å². The van der Waals surface area contributed by atoms with Crippen molar-refractivity contribution in [3.8, 4) is 0 Å². The minimum absolute atomic E-state index is 0.0217. The van der Waals surface area contributed by atoms with Crippen LogP contribution in [0.5, 0.6) is 0 Å². The average molecular weight is 281 g/mol. The highest BCUT2D eigenvalue weighted by atomic mass is 16.2. The van der Waals surface area contributed by atoms with Crippen LogP contribution < -0.4 is 0 Å². The Kier molecular flexibility index (Phi) is 2.67. The van der Waals surface area contributed by atoms with E-state index in [-0.39, 0.29) is 23.9 Å². The standard InChI is InChI=1S/C16H15N3O2/c20-15-13-4-1-2-5-14(13)16(21)19(15)12-7-6-11(10-12)18-9-3-8-17-18/h1-5,8-9,11-12H,6-7,10H2/t11-,12-/m1/s1. The maximum atomic E-state index is 12.5. The number of imide groups is 1. The Morgan fingerprint density at radius 3 is 2.24 bits per heavy atom. The number of amides is 2. The monoisotopic (exact) mass is 281 g/mol. The Labute approximate surface area is 122 Å². The molecule has 0 bridgehead atoms. The van der Waals surface area contributed by atoms with E-state index in [4.69, 9.17) is 0 Å². The number of carbonyl (C=O) groups is 2. The number of hydrogen-bond acceptors (Lipinski definition) is 3. The van der Waals surface area contributed by atoms with Gasteiger partial charge in [0.1, 0.15) is 0 Å². The van der Waals surface area contributed by atoms with Gasteiger partial charge in [-0.05, 0) is 37.5 Å². The van der Waals surface area contributed by atoms with E-state index in [0.29, 0.717) is 11.1 Å². The molecule has 0 unspecified atom stereocenters. The highest BCUT2D eigenvalue weighted by Crippen LogP contribution is 2.36. The molecule has 1 fully saturated rings. The Balaban J connectivity index is 1.59. The van der Waals surface area contributed by atoms with Gasteiger partial charge in [0, 0.05) is 18.4 Å². The van der Waals surface area contributed by atoms with Gasteiger partial charge in [-0.1, -0.05) is 12.1 Å². The van der Waals surface area contributed by atoms with Crippen LogP contribution in [-0.4, -0.2) is 32.5 Å². The fraction of sp³-hybridized carbons (Fsp3) is 0.312. The molecule has 2 amide bonds. The van der Waals surface area contributed by atoms with Gasteiger partial charge in [0.15, 0.2) is 0 Å². The van der Waals surface area contributed by atoms with E-state index in [1.165, 1.54) is 4.90 Å². The van der Waals surface area contributed by atoms with E-state index in [1.807, 2.05) is 16.9 Å². The zero-order chi connectivity index (χ0) is 14.4.